The Morgan fingerprint density at radius 1 is 1.53 bits per heavy atom. The molecule has 0 aliphatic rings. The maximum atomic E-state index is 11.1. The highest BCUT2D eigenvalue weighted by molar-refractivity contribution is 6.31. The van der Waals surface area contributed by atoms with E-state index in [-0.39, 0.29) is 16.7 Å². The van der Waals surface area contributed by atoms with Gasteiger partial charge in [-0.15, -0.1) is 0 Å². The first-order chi connectivity index (χ1) is 9.13. The normalized spacial score (nSPS) is 10.4. The number of nitro groups is 1. The largest absolute Gasteiger partial charge is 0.467 e. The lowest BCUT2D eigenvalue weighted by molar-refractivity contribution is -0.384. The van der Waals surface area contributed by atoms with Crippen molar-refractivity contribution in [1.82, 2.24) is 9.97 Å². The lowest BCUT2D eigenvalue weighted by Gasteiger charge is -2.20. The average molecular weight is 283 g/mol. The van der Waals surface area contributed by atoms with E-state index < -0.39 is 4.92 Å². The first kappa shape index (κ1) is 13.3. The maximum Gasteiger partial charge on any atom is 0.348 e. The molecule has 0 saturated heterocycles. The van der Waals surface area contributed by atoms with E-state index in [1.165, 1.54) is 6.33 Å². The minimum atomic E-state index is -0.581. The first-order valence-electron chi connectivity index (χ1n) is 5.55. The van der Waals surface area contributed by atoms with Crippen molar-refractivity contribution < 1.29 is 9.34 Å². The smallest absolute Gasteiger partial charge is 0.348 e. The summed E-state index contributed by atoms with van der Waals surface area (Å²) >= 11 is 5.76. The van der Waals surface area contributed by atoms with E-state index in [9.17, 15) is 10.1 Å². The van der Waals surface area contributed by atoms with Crippen LogP contribution in [0.1, 0.15) is 12.7 Å². The molecule has 19 heavy (non-hydrogen) atoms. The fraction of sp³-hybridized carbons (Fsp3) is 0.273. The molecule has 0 fully saturated rings. The topological polar surface area (TPSA) is 85.3 Å². The van der Waals surface area contributed by atoms with Crippen LogP contribution in [0.4, 0.5) is 11.5 Å². The molecule has 2 aromatic rings. The third kappa shape index (κ3) is 2.82. The number of aromatic nitrogens is 2. The molecule has 0 bridgehead atoms. The van der Waals surface area contributed by atoms with E-state index >= 15 is 0 Å². The third-order valence-corrected chi connectivity index (χ3v) is 2.83. The molecule has 2 heterocycles. The van der Waals surface area contributed by atoms with Gasteiger partial charge in [-0.25, -0.2) is 9.97 Å². The molecule has 0 aliphatic carbocycles. The van der Waals surface area contributed by atoms with Crippen LogP contribution >= 0.6 is 11.6 Å². The first-order valence-corrected chi connectivity index (χ1v) is 5.93. The zero-order valence-corrected chi connectivity index (χ0v) is 10.9. The van der Waals surface area contributed by atoms with Gasteiger partial charge in [-0.05, 0) is 19.1 Å². The van der Waals surface area contributed by atoms with Gasteiger partial charge < -0.3 is 9.32 Å². The number of anilines is 1. The van der Waals surface area contributed by atoms with Crippen molar-refractivity contribution in [3.63, 3.8) is 0 Å². The minimum Gasteiger partial charge on any atom is -0.467 e. The molecule has 0 radical (unpaired) electrons. The Bertz CT molecular complexity index is 573. The van der Waals surface area contributed by atoms with Crippen LogP contribution in [0.5, 0.6) is 0 Å². The van der Waals surface area contributed by atoms with Gasteiger partial charge in [0, 0.05) is 6.54 Å². The Morgan fingerprint density at radius 2 is 2.32 bits per heavy atom. The lowest BCUT2D eigenvalue weighted by Crippen LogP contribution is -2.24. The quantitative estimate of drug-likeness (QED) is 0.476. The number of furan rings is 1. The SMILES string of the molecule is CCN(Cc1ccco1)c1ncnc(Cl)c1[N+](=O)[O-]. The van der Waals surface area contributed by atoms with Crippen LogP contribution in [-0.4, -0.2) is 21.4 Å². The van der Waals surface area contributed by atoms with Crippen LogP contribution in [0.3, 0.4) is 0 Å². The molecule has 0 N–H and O–H groups in total. The van der Waals surface area contributed by atoms with Crippen molar-refractivity contribution in [2.24, 2.45) is 0 Å². The molecule has 0 aromatic carbocycles. The van der Waals surface area contributed by atoms with Gasteiger partial charge in [0.2, 0.25) is 11.0 Å². The zero-order chi connectivity index (χ0) is 13.8. The average Bonchev–Trinajstić information content (AvgIpc) is 2.88. The highest BCUT2D eigenvalue weighted by Crippen LogP contribution is 2.31. The number of halogens is 1. The van der Waals surface area contributed by atoms with Gasteiger partial charge in [-0.3, -0.25) is 10.1 Å². The summed E-state index contributed by atoms with van der Waals surface area (Å²) in [7, 11) is 0. The van der Waals surface area contributed by atoms with Gasteiger partial charge in [-0.1, -0.05) is 11.6 Å². The van der Waals surface area contributed by atoms with Crippen LogP contribution in [0.2, 0.25) is 5.15 Å². The van der Waals surface area contributed by atoms with Crippen molar-refractivity contribution in [3.8, 4) is 0 Å². The van der Waals surface area contributed by atoms with Crippen LogP contribution in [0, 0.1) is 10.1 Å². The Hall–Kier alpha value is -2.15. The predicted octanol–water partition coefficient (Wildman–Crippen LogP) is 2.66. The van der Waals surface area contributed by atoms with Crippen molar-refractivity contribution in [2.45, 2.75) is 13.5 Å². The standard InChI is InChI=1S/C11H11ClN4O3/c1-2-15(6-8-4-3-5-19-8)11-9(16(17)18)10(12)13-7-14-11/h3-5,7H,2,6H2,1H3. The minimum absolute atomic E-state index is 0.173. The van der Waals surface area contributed by atoms with Crippen molar-refractivity contribution >= 4 is 23.1 Å². The van der Waals surface area contributed by atoms with Crippen molar-refractivity contribution in [3.05, 3.63) is 45.8 Å². The molecule has 0 atom stereocenters. The van der Waals surface area contributed by atoms with Crippen LogP contribution in [-0.2, 0) is 6.54 Å². The Labute approximate surface area is 114 Å². The summed E-state index contributed by atoms with van der Waals surface area (Å²) in [4.78, 5) is 19.8. The van der Waals surface area contributed by atoms with E-state index in [1.807, 2.05) is 6.92 Å². The summed E-state index contributed by atoms with van der Waals surface area (Å²) in [6.45, 7) is 2.76. The second-order valence-corrected chi connectivity index (χ2v) is 4.05. The second-order valence-electron chi connectivity index (χ2n) is 3.69. The van der Waals surface area contributed by atoms with E-state index in [4.69, 9.17) is 16.0 Å². The molecular formula is C11H11ClN4O3. The molecule has 0 amide bonds. The molecule has 2 aromatic heterocycles. The summed E-state index contributed by atoms with van der Waals surface area (Å²) in [6.07, 6.45) is 2.75. The van der Waals surface area contributed by atoms with Crippen LogP contribution in [0.15, 0.2) is 29.1 Å². The summed E-state index contributed by atoms with van der Waals surface area (Å²) in [6, 6.07) is 3.54. The molecule has 0 aliphatic heterocycles. The lowest BCUT2D eigenvalue weighted by atomic mass is 10.3. The number of nitrogens with zero attached hydrogens (tertiary/aromatic N) is 4. The Kier molecular flexibility index (Phi) is 3.96. The highest BCUT2D eigenvalue weighted by Gasteiger charge is 2.25. The number of hydrogen-bond donors (Lipinski definition) is 0. The molecule has 100 valence electrons. The van der Waals surface area contributed by atoms with Crippen molar-refractivity contribution in [1.29, 1.82) is 0 Å². The van der Waals surface area contributed by atoms with E-state index in [2.05, 4.69) is 9.97 Å². The summed E-state index contributed by atoms with van der Waals surface area (Å²) in [5.41, 5.74) is -0.294. The fourth-order valence-corrected chi connectivity index (χ4v) is 1.86. The predicted molar refractivity (Wildman–Crippen MR) is 69.1 cm³/mol. The van der Waals surface area contributed by atoms with Gasteiger partial charge >= 0.3 is 5.69 Å². The molecular weight excluding hydrogens is 272 g/mol. The molecule has 7 nitrogen and oxygen atoms in total. The fourth-order valence-electron chi connectivity index (χ4n) is 1.66. The Morgan fingerprint density at radius 3 is 2.89 bits per heavy atom. The Balaban J connectivity index is 2.38. The van der Waals surface area contributed by atoms with Crippen LogP contribution < -0.4 is 4.90 Å². The molecule has 0 unspecified atom stereocenters. The molecule has 0 spiro atoms. The second kappa shape index (κ2) is 5.66. The molecule has 2 rings (SSSR count). The van der Waals surface area contributed by atoms with Gasteiger partial charge in [0.1, 0.15) is 12.1 Å². The van der Waals surface area contributed by atoms with Gasteiger partial charge in [0.05, 0.1) is 17.7 Å². The van der Waals surface area contributed by atoms with Gasteiger partial charge in [-0.2, -0.15) is 0 Å². The van der Waals surface area contributed by atoms with E-state index in [1.54, 1.807) is 23.3 Å². The molecule has 8 heteroatoms. The maximum absolute atomic E-state index is 11.1. The number of rotatable bonds is 5. The zero-order valence-electron chi connectivity index (χ0n) is 10.1. The number of hydrogen-bond acceptors (Lipinski definition) is 6. The van der Waals surface area contributed by atoms with Gasteiger partial charge in [0.15, 0.2) is 0 Å². The third-order valence-electron chi connectivity index (χ3n) is 2.55. The van der Waals surface area contributed by atoms with Gasteiger partial charge in [0.25, 0.3) is 0 Å². The van der Waals surface area contributed by atoms with Crippen molar-refractivity contribution in [2.75, 3.05) is 11.4 Å². The molecule has 0 saturated carbocycles. The van der Waals surface area contributed by atoms with Crippen LogP contribution in [0.25, 0.3) is 0 Å². The summed E-state index contributed by atoms with van der Waals surface area (Å²) in [5, 5.41) is 10.9. The van der Waals surface area contributed by atoms with E-state index in [0.29, 0.717) is 18.8 Å². The summed E-state index contributed by atoms with van der Waals surface area (Å²) in [5.74, 6) is 0.870. The van der Waals surface area contributed by atoms with E-state index in [0.717, 1.165) is 0 Å². The summed E-state index contributed by atoms with van der Waals surface area (Å²) < 4.78 is 5.23. The highest BCUT2D eigenvalue weighted by atomic mass is 35.5. The monoisotopic (exact) mass is 282 g/mol.